The van der Waals surface area contributed by atoms with Gasteiger partial charge in [0.25, 0.3) is 5.91 Å². The Hall–Kier alpha value is -3.76. The molecule has 10 heteroatoms. The van der Waals surface area contributed by atoms with E-state index in [-0.39, 0.29) is 29.7 Å². The highest BCUT2D eigenvalue weighted by Crippen LogP contribution is 2.28. The number of amides is 2. The maximum absolute atomic E-state index is 12.5. The molecule has 34 heavy (non-hydrogen) atoms. The normalized spacial score (nSPS) is 11.0. The van der Waals surface area contributed by atoms with Crippen LogP contribution in [0.2, 0.25) is 0 Å². The summed E-state index contributed by atoms with van der Waals surface area (Å²) < 4.78 is 32.8. The molecule has 9 nitrogen and oxygen atoms in total. The van der Waals surface area contributed by atoms with E-state index < -0.39 is 10.0 Å². The van der Waals surface area contributed by atoms with Gasteiger partial charge in [0.2, 0.25) is 15.9 Å². The summed E-state index contributed by atoms with van der Waals surface area (Å²) in [6.07, 6.45) is 2.96. The van der Waals surface area contributed by atoms with Crippen LogP contribution in [-0.2, 0) is 14.8 Å². The standard InChI is InChI=1S/C24H26N4O5S/c1-16-6-9-22(17(2)13-16)34(31,32)26-12-10-23(29)27-19-7-8-20(21(14-19)33-3)28-24(30)18-5-4-11-25-15-18/h4-9,11,13-15,26H,10,12H2,1-3H3,(H,27,29)(H,28,30). The van der Waals surface area contributed by atoms with Crippen molar-refractivity contribution in [2.75, 3.05) is 24.3 Å². The smallest absolute Gasteiger partial charge is 0.257 e. The molecule has 0 aliphatic rings. The van der Waals surface area contributed by atoms with Crippen molar-refractivity contribution in [3.63, 3.8) is 0 Å². The Morgan fingerprint density at radius 3 is 2.50 bits per heavy atom. The second-order valence-electron chi connectivity index (χ2n) is 7.58. The fraction of sp³-hybridized carbons (Fsp3) is 0.208. The molecular weight excluding hydrogens is 456 g/mol. The van der Waals surface area contributed by atoms with Crippen LogP contribution in [0.25, 0.3) is 0 Å². The van der Waals surface area contributed by atoms with Crippen molar-refractivity contribution in [3.8, 4) is 5.75 Å². The lowest BCUT2D eigenvalue weighted by Gasteiger charge is -2.13. The van der Waals surface area contributed by atoms with E-state index in [9.17, 15) is 18.0 Å². The van der Waals surface area contributed by atoms with Crippen LogP contribution in [0.3, 0.4) is 0 Å². The summed E-state index contributed by atoms with van der Waals surface area (Å²) in [4.78, 5) is 28.8. The van der Waals surface area contributed by atoms with Crippen LogP contribution in [0.15, 0.2) is 65.8 Å². The molecule has 0 spiro atoms. The van der Waals surface area contributed by atoms with Gasteiger partial charge in [-0.2, -0.15) is 0 Å². The first-order valence-electron chi connectivity index (χ1n) is 10.5. The van der Waals surface area contributed by atoms with Gasteiger partial charge in [-0.25, -0.2) is 13.1 Å². The molecule has 0 atom stereocenters. The lowest BCUT2D eigenvalue weighted by molar-refractivity contribution is -0.116. The molecule has 3 rings (SSSR count). The van der Waals surface area contributed by atoms with Gasteiger partial charge in [-0.05, 0) is 49.7 Å². The summed E-state index contributed by atoms with van der Waals surface area (Å²) in [6, 6.07) is 13.1. The first kappa shape index (κ1) is 24.9. The molecule has 0 unspecified atom stereocenters. The molecule has 0 bridgehead atoms. The number of aromatic nitrogens is 1. The van der Waals surface area contributed by atoms with Crippen LogP contribution in [0, 0.1) is 13.8 Å². The van der Waals surface area contributed by atoms with Crippen molar-refractivity contribution in [1.29, 1.82) is 0 Å². The Morgan fingerprint density at radius 1 is 1.03 bits per heavy atom. The number of rotatable bonds is 9. The lowest BCUT2D eigenvalue weighted by atomic mass is 10.2. The molecule has 0 aliphatic carbocycles. The third kappa shape index (κ3) is 6.40. The molecule has 3 aromatic rings. The summed E-state index contributed by atoms with van der Waals surface area (Å²) in [5.74, 6) is -0.373. The van der Waals surface area contributed by atoms with Crippen LogP contribution >= 0.6 is 0 Å². The van der Waals surface area contributed by atoms with Gasteiger partial charge in [0.15, 0.2) is 0 Å². The monoisotopic (exact) mass is 482 g/mol. The van der Waals surface area contributed by atoms with E-state index in [1.54, 1.807) is 61.7 Å². The number of pyridine rings is 1. The van der Waals surface area contributed by atoms with Gasteiger partial charge >= 0.3 is 0 Å². The van der Waals surface area contributed by atoms with Gasteiger partial charge in [0, 0.05) is 37.1 Å². The third-order valence-corrected chi connectivity index (χ3v) is 6.54. The zero-order valence-electron chi connectivity index (χ0n) is 19.1. The maximum Gasteiger partial charge on any atom is 0.257 e. The number of methoxy groups -OCH3 is 1. The highest BCUT2D eigenvalue weighted by molar-refractivity contribution is 7.89. The molecule has 0 radical (unpaired) electrons. The van der Waals surface area contributed by atoms with Crippen LogP contribution in [0.4, 0.5) is 11.4 Å². The van der Waals surface area contributed by atoms with E-state index in [1.165, 1.54) is 13.3 Å². The third-order valence-electron chi connectivity index (χ3n) is 4.92. The van der Waals surface area contributed by atoms with E-state index >= 15 is 0 Å². The highest BCUT2D eigenvalue weighted by Gasteiger charge is 2.17. The Morgan fingerprint density at radius 2 is 1.82 bits per heavy atom. The van der Waals surface area contributed by atoms with Crippen molar-refractivity contribution >= 4 is 33.2 Å². The van der Waals surface area contributed by atoms with Gasteiger partial charge in [-0.15, -0.1) is 0 Å². The molecule has 0 saturated heterocycles. The molecule has 2 aromatic carbocycles. The van der Waals surface area contributed by atoms with E-state index in [0.29, 0.717) is 28.3 Å². The molecule has 1 aromatic heterocycles. The first-order chi connectivity index (χ1) is 16.2. The van der Waals surface area contributed by atoms with Crippen molar-refractivity contribution in [2.24, 2.45) is 0 Å². The van der Waals surface area contributed by atoms with E-state index in [2.05, 4.69) is 20.3 Å². The first-order valence-corrected chi connectivity index (χ1v) is 11.9. The highest BCUT2D eigenvalue weighted by atomic mass is 32.2. The molecule has 178 valence electrons. The van der Waals surface area contributed by atoms with Crippen LogP contribution in [-0.4, -0.2) is 38.9 Å². The zero-order chi connectivity index (χ0) is 24.7. The minimum atomic E-state index is -3.72. The van der Waals surface area contributed by atoms with Crippen LogP contribution in [0.5, 0.6) is 5.75 Å². The Labute approximate surface area is 198 Å². The zero-order valence-corrected chi connectivity index (χ0v) is 19.9. The van der Waals surface area contributed by atoms with E-state index in [0.717, 1.165) is 5.56 Å². The second kappa shape index (κ2) is 10.9. The van der Waals surface area contributed by atoms with E-state index in [1.807, 2.05) is 6.92 Å². The number of hydrogen-bond donors (Lipinski definition) is 3. The molecule has 1 heterocycles. The van der Waals surface area contributed by atoms with Gasteiger partial charge in [-0.3, -0.25) is 14.6 Å². The summed E-state index contributed by atoms with van der Waals surface area (Å²) in [6.45, 7) is 3.56. The van der Waals surface area contributed by atoms with Gasteiger partial charge in [0.05, 0.1) is 23.3 Å². The number of carbonyl (C=O) groups is 2. The lowest BCUT2D eigenvalue weighted by Crippen LogP contribution is -2.28. The number of nitrogens with zero attached hydrogens (tertiary/aromatic N) is 1. The number of aryl methyl sites for hydroxylation is 2. The van der Waals surface area contributed by atoms with Crippen molar-refractivity contribution in [2.45, 2.75) is 25.2 Å². The maximum atomic E-state index is 12.5. The Bertz CT molecular complexity index is 1290. The fourth-order valence-electron chi connectivity index (χ4n) is 3.26. The second-order valence-corrected chi connectivity index (χ2v) is 9.31. The number of hydrogen-bond acceptors (Lipinski definition) is 6. The van der Waals surface area contributed by atoms with Crippen molar-refractivity contribution in [3.05, 3.63) is 77.6 Å². The van der Waals surface area contributed by atoms with Gasteiger partial charge in [-0.1, -0.05) is 17.7 Å². The molecule has 0 saturated carbocycles. The predicted octanol–water partition coefficient (Wildman–Crippen LogP) is 3.27. The van der Waals surface area contributed by atoms with Crippen LogP contribution in [0.1, 0.15) is 27.9 Å². The molecule has 2 amide bonds. The molecule has 3 N–H and O–H groups in total. The fourth-order valence-corrected chi connectivity index (χ4v) is 4.52. The molecular formula is C24H26N4O5S. The average molecular weight is 483 g/mol. The average Bonchev–Trinajstić information content (AvgIpc) is 2.80. The van der Waals surface area contributed by atoms with Crippen molar-refractivity contribution < 1.29 is 22.7 Å². The quantitative estimate of drug-likeness (QED) is 0.430. The molecule has 0 fully saturated rings. The number of ether oxygens (including phenoxy) is 1. The van der Waals surface area contributed by atoms with Crippen LogP contribution < -0.4 is 20.1 Å². The topological polar surface area (TPSA) is 126 Å². The van der Waals surface area contributed by atoms with E-state index in [4.69, 9.17) is 4.74 Å². The molecule has 0 aliphatic heterocycles. The minimum Gasteiger partial charge on any atom is -0.494 e. The number of anilines is 2. The number of nitrogens with one attached hydrogen (secondary N) is 3. The Kier molecular flexibility index (Phi) is 7.98. The summed E-state index contributed by atoms with van der Waals surface area (Å²) in [7, 11) is -2.27. The summed E-state index contributed by atoms with van der Waals surface area (Å²) >= 11 is 0. The summed E-state index contributed by atoms with van der Waals surface area (Å²) in [5.41, 5.74) is 2.87. The predicted molar refractivity (Wildman–Crippen MR) is 130 cm³/mol. The summed E-state index contributed by atoms with van der Waals surface area (Å²) in [5, 5.41) is 5.44. The largest absolute Gasteiger partial charge is 0.494 e. The van der Waals surface area contributed by atoms with Gasteiger partial charge < -0.3 is 15.4 Å². The SMILES string of the molecule is COc1cc(NC(=O)CCNS(=O)(=O)c2ccc(C)cc2C)ccc1NC(=O)c1cccnc1. The number of sulfonamides is 1. The van der Waals surface area contributed by atoms with Crippen molar-refractivity contribution in [1.82, 2.24) is 9.71 Å². The minimum absolute atomic E-state index is 0.0577. The number of benzene rings is 2. The Balaban J connectivity index is 1.57. The number of carbonyl (C=O) groups excluding carboxylic acids is 2. The van der Waals surface area contributed by atoms with Gasteiger partial charge in [0.1, 0.15) is 5.75 Å².